The molecule has 7 heteroatoms. The second-order valence-electron chi connectivity index (χ2n) is 6.30. The standard InChI is InChI=1S/C18H19N3O3S/c22-18-10-13-12-19-8-9-21(13)17-7-6-15(11-16(17)20-18)25(23,24)14-4-2-1-3-5-14/h1-7,11,13,19H,8-10,12H2,(H,20,22). The number of hydrogen-bond acceptors (Lipinski definition) is 5. The summed E-state index contributed by atoms with van der Waals surface area (Å²) in [5.74, 6) is -0.0910. The SMILES string of the molecule is O=C1CC2CNCCN2c2ccc(S(=O)(=O)c3ccccc3)cc2N1. The average molecular weight is 357 g/mol. The molecular formula is C18H19N3O3S. The second-order valence-corrected chi connectivity index (χ2v) is 8.25. The summed E-state index contributed by atoms with van der Waals surface area (Å²) >= 11 is 0. The van der Waals surface area contributed by atoms with Crippen LogP contribution in [0.25, 0.3) is 0 Å². The number of rotatable bonds is 2. The van der Waals surface area contributed by atoms with Gasteiger partial charge in [0.25, 0.3) is 0 Å². The number of amides is 1. The zero-order chi connectivity index (χ0) is 17.4. The van der Waals surface area contributed by atoms with Crippen molar-refractivity contribution in [3.8, 4) is 0 Å². The van der Waals surface area contributed by atoms with Gasteiger partial charge in [0.2, 0.25) is 15.7 Å². The fourth-order valence-corrected chi connectivity index (χ4v) is 4.75. The van der Waals surface area contributed by atoms with Crippen LogP contribution in [-0.2, 0) is 14.6 Å². The van der Waals surface area contributed by atoms with Gasteiger partial charge in [-0.2, -0.15) is 0 Å². The van der Waals surface area contributed by atoms with Gasteiger partial charge in [0, 0.05) is 26.1 Å². The molecule has 4 rings (SSSR count). The first kappa shape index (κ1) is 16.1. The molecule has 6 nitrogen and oxygen atoms in total. The summed E-state index contributed by atoms with van der Waals surface area (Å²) in [6, 6.07) is 13.4. The highest BCUT2D eigenvalue weighted by Crippen LogP contribution is 2.35. The third-order valence-electron chi connectivity index (χ3n) is 4.69. The number of sulfone groups is 1. The van der Waals surface area contributed by atoms with E-state index in [1.807, 2.05) is 0 Å². The highest BCUT2D eigenvalue weighted by molar-refractivity contribution is 7.91. The Morgan fingerprint density at radius 2 is 1.84 bits per heavy atom. The third kappa shape index (κ3) is 2.89. The Bertz CT molecular complexity index is 912. The molecule has 2 N–H and O–H groups in total. The molecule has 0 bridgehead atoms. The molecule has 1 saturated heterocycles. The zero-order valence-corrected chi connectivity index (χ0v) is 14.4. The number of fused-ring (bicyclic) bond motifs is 3. The molecule has 0 spiro atoms. The first-order chi connectivity index (χ1) is 12.1. The largest absolute Gasteiger partial charge is 0.364 e. The summed E-state index contributed by atoms with van der Waals surface area (Å²) in [4.78, 5) is 14.8. The first-order valence-corrected chi connectivity index (χ1v) is 9.75. The van der Waals surface area contributed by atoms with Crippen LogP contribution in [0.2, 0.25) is 0 Å². The van der Waals surface area contributed by atoms with Gasteiger partial charge in [-0.1, -0.05) is 18.2 Å². The summed E-state index contributed by atoms with van der Waals surface area (Å²) in [7, 11) is -3.61. The molecular weight excluding hydrogens is 338 g/mol. The lowest BCUT2D eigenvalue weighted by molar-refractivity contribution is -0.116. The highest BCUT2D eigenvalue weighted by atomic mass is 32.2. The first-order valence-electron chi connectivity index (χ1n) is 8.27. The van der Waals surface area contributed by atoms with Crippen LogP contribution in [0.1, 0.15) is 6.42 Å². The molecule has 1 unspecified atom stereocenters. The number of piperazine rings is 1. The third-order valence-corrected chi connectivity index (χ3v) is 6.45. The van der Waals surface area contributed by atoms with Crippen molar-refractivity contribution in [3.63, 3.8) is 0 Å². The Labute approximate surface area is 146 Å². The lowest BCUT2D eigenvalue weighted by atomic mass is 10.1. The van der Waals surface area contributed by atoms with E-state index in [9.17, 15) is 13.2 Å². The van der Waals surface area contributed by atoms with E-state index in [-0.39, 0.29) is 21.7 Å². The predicted octanol–water partition coefficient (Wildman–Crippen LogP) is 1.64. The van der Waals surface area contributed by atoms with Gasteiger partial charge in [0.05, 0.1) is 27.2 Å². The topological polar surface area (TPSA) is 78.5 Å². The summed E-state index contributed by atoms with van der Waals surface area (Å²) in [6.07, 6.45) is 0.391. The molecule has 25 heavy (non-hydrogen) atoms. The second kappa shape index (κ2) is 6.16. The van der Waals surface area contributed by atoms with Crippen molar-refractivity contribution >= 4 is 27.1 Å². The van der Waals surface area contributed by atoms with Crippen LogP contribution in [0, 0.1) is 0 Å². The number of nitrogens with zero attached hydrogens (tertiary/aromatic N) is 1. The van der Waals surface area contributed by atoms with Crippen LogP contribution < -0.4 is 15.5 Å². The van der Waals surface area contributed by atoms with Gasteiger partial charge in [-0.3, -0.25) is 4.79 Å². The van der Waals surface area contributed by atoms with Crippen molar-refractivity contribution in [2.24, 2.45) is 0 Å². The summed E-state index contributed by atoms with van der Waals surface area (Å²) in [5, 5.41) is 6.17. The van der Waals surface area contributed by atoms with Gasteiger partial charge in [-0.15, -0.1) is 0 Å². The van der Waals surface area contributed by atoms with Crippen molar-refractivity contribution in [2.45, 2.75) is 22.3 Å². The van der Waals surface area contributed by atoms with E-state index in [1.165, 1.54) is 0 Å². The molecule has 0 saturated carbocycles. The molecule has 2 heterocycles. The lowest BCUT2D eigenvalue weighted by Gasteiger charge is -2.36. The number of carbonyl (C=O) groups is 1. The van der Waals surface area contributed by atoms with E-state index in [4.69, 9.17) is 0 Å². The fourth-order valence-electron chi connectivity index (χ4n) is 3.44. The molecule has 1 atom stereocenters. The maximum Gasteiger partial charge on any atom is 0.226 e. The Morgan fingerprint density at radius 1 is 1.04 bits per heavy atom. The Balaban J connectivity index is 1.78. The van der Waals surface area contributed by atoms with E-state index in [2.05, 4.69) is 15.5 Å². The van der Waals surface area contributed by atoms with Crippen LogP contribution >= 0.6 is 0 Å². The highest BCUT2D eigenvalue weighted by Gasteiger charge is 2.31. The van der Waals surface area contributed by atoms with Gasteiger partial charge < -0.3 is 15.5 Å². The summed E-state index contributed by atoms with van der Waals surface area (Å²) < 4.78 is 25.7. The minimum atomic E-state index is -3.61. The van der Waals surface area contributed by atoms with Crippen LogP contribution in [0.5, 0.6) is 0 Å². The van der Waals surface area contributed by atoms with Gasteiger partial charge in [0.1, 0.15) is 0 Å². The molecule has 2 aromatic rings. The molecule has 0 aromatic heterocycles. The zero-order valence-electron chi connectivity index (χ0n) is 13.6. The molecule has 0 radical (unpaired) electrons. The summed E-state index contributed by atoms with van der Waals surface area (Å²) in [6.45, 7) is 2.38. The lowest BCUT2D eigenvalue weighted by Crippen LogP contribution is -2.51. The van der Waals surface area contributed by atoms with Crippen molar-refractivity contribution in [2.75, 3.05) is 29.9 Å². The quantitative estimate of drug-likeness (QED) is 0.854. The molecule has 2 aliphatic heterocycles. The normalized spacial score (nSPS) is 20.2. The van der Waals surface area contributed by atoms with Crippen molar-refractivity contribution in [1.29, 1.82) is 0 Å². The summed E-state index contributed by atoms with van der Waals surface area (Å²) in [5.41, 5.74) is 1.44. The minimum absolute atomic E-state index is 0.0894. The molecule has 0 aliphatic carbocycles. The van der Waals surface area contributed by atoms with E-state index < -0.39 is 9.84 Å². The van der Waals surface area contributed by atoms with Crippen molar-refractivity contribution in [1.82, 2.24) is 5.32 Å². The van der Waals surface area contributed by atoms with Crippen molar-refractivity contribution in [3.05, 3.63) is 48.5 Å². The van der Waals surface area contributed by atoms with E-state index in [0.29, 0.717) is 12.1 Å². The molecule has 130 valence electrons. The Morgan fingerprint density at radius 3 is 2.64 bits per heavy atom. The number of anilines is 2. The average Bonchev–Trinajstić information content (AvgIpc) is 2.77. The Kier molecular flexibility index (Phi) is 3.97. The van der Waals surface area contributed by atoms with Crippen LogP contribution in [-0.4, -0.2) is 40.0 Å². The van der Waals surface area contributed by atoms with E-state index in [0.717, 1.165) is 25.3 Å². The van der Waals surface area contributed by atoms with Crippen LogP contribution in [0.15, 0.2) is 58.3 Å². The maximum absolute atomic E-state index is 12.8. The van der Waals surface area contributed by atoms with Gasteiger partial charge in [0.15, 0.2) is 0 Å². The maximum atomic E-state index is 12.8. The fraction of sp³-hybridized carbons (Fsp3) is 0.278. The minimum Gasteiger partial charge on any atom is -0.364 e. The Hall–Kier alpha value is -2.38. The molecule has 1 amide bonds. The monoisotopic (exact) mass is 357 g/mol. The van der Waals surface area contributed by atoms with Gasteiger partial charge in [-0.05, 0) is 30.3 Å². The van der Waals surface area contributed by atoms with Gasteiger partial charge >= 0.3 is 0 Å². The van der Waals surface area contributed by atoms with E-state index in [1.54, 1.807) is 48.5 Å². The predicted molar refractivity (Wildman–Crippen MR) is 95.6 cm³/mol. The number of carbonyl (C=O) groups excluding carboxylic acids is 1. The number of nitrogens with one attached hydrogen (secondary N) is 2. The molecule has 2 aliphatic rings. The number of hydrogen-bond donors (Lipinski definition) is 2. The van der Waals surface area contributed by atoms with E-state index >= 15 is 0 Å². The van der Waals surface area contributed by atoms with Crippen LogP contribution in [0.3, 0.4) is 0 Å². The smallest absolute Gasteiger partial charge is 0.226 e. The van der Waals surface area contributed by atoms with Gasteiger partial charge in [-0.25, -0.2) is 8.42 Å². The molecule has 2 aromatic carbocycles. The van der Waals surface area contributed by atoms with Crippen molar-refractivity contribution < 1.29 is 13.2 Å². The van der Waals surface area contributed by atoms with Crippen LogP contribution in [0.4, 0.5) is 11.4 Å². The molecule has 1 fully saturated rings. The number of benzene rings is 2.